The number of hydrogen-bond donors (Lipinski definition) is 0. The van der Waals surface area contributed by atoms with Crippen LogP contribution in [0.2, 0.25) is 5.02 Å². The van der Waals surface area contributed by atoms with Crippen molar-refractivity contribution < 1.29 is 26.3 Å². The molecule has 0 amide bonds. The summed E-state index contributed by atoms with van der Waals surface area (Å²) in [5, 5.41) is 3.85. The molecule has 0 atom stereocenters. The summed E-state index contributed by atoms with van der Waals surface area (Å²) >= 11 is 5.92. The zero-order valence-electron chi connectivity index (χ0n) is 14.7. The molecule has 0 bridgehead atoms. The zero-order chi connectivity index (χ0) is 21.0. The second-order valence-corrected chi connectivity index (χ2v) is 6.75. The van der Waals surface area contributed by atoms with Crippen LogP contribution >= 0.6 is 11.6 Å². The Morgan fingerprint density at radius 3 is 2.14 bits per heavy atom. The van der Waals surface area contributed by atoms with E-state index < -0.39 is 34.6 Å². The first-order valence-corrected chi connectivity index (χ1v) is 8.20. The fraction of sp³-hybridized carbons (Fsp3) is 0.294. The Bertz CT molecular complexity index is 1050. The maximum absolute atomic E-state index is 13.6. The van der Waals surface area contributed by atoms with Crippen molar-refractivity contribution in [1.82, 2.24) is 14.8 Å². The van der Waals surface area contributed by atoms with Gasteiger partial charge >= 0.3 is 12.4 Å². The van der Waals surface area contributed by atoms with E-state index in [2.05, 4.69) is 10.1 Å². The van der Waals surface area contributed by atoms with Crippen LogP contribution in [0.15, 0.2) is 24.3 Å². The highest BCUT2D eigenvalue weighted by Crippen LogP contribution is 2.42. The normalized spacial score (nSPS) is 12.6. The van der Waals surface area contributed by atoms with Crippen molar-refractivity contribution in [2.24, 2.45) is 0 Å². The number of halogens is 7. The van der Waals surface area contributed by atoms with E-state index in [-0.39, 0.29) is 11.9 Å². The average Bonchev–Trinajstić information content (AvgIpc) is 2.91. The Kier molecular flexibility index (Phi) is 4.73. The highest BCUT2D eigenvalue weighted by atomic mass is 35.5. The minimum Gasteiger partial charge on any atom is -0.362 e. The number of nitrogens with zero attached hydrogens (tertiary/aromatic N) is 4. The van der Waals surface area contributed by atoms with E-state index in [0.717, 1.165) is 4.68 Å². The first-order valence-electron chi connectivity index (χ1n) is 7.82. The minimum absolute atomic E-state index is 0.00999. The molecule has 4 nitrogen and oxygen atoms in total. The van der Waals surface area contributed by atoms with E-state index >= 15 is 0 Å². The maximum atomic E-state index is 13.6. The molecule has 0 aliphatic heterocycles. The Morgan fingerprint density at radius 2 is 1.64 bits per heavy atom. The number of aromatic nitrogens is 3. The summed E-state index contributed by atoms with van der Waals surface area (Å²) in [5.41, 5.74) is -2.82. The summed E-state index contributed by atoms with van der Waals surface area (Å²) in [4.78, 5) is 4.69. The second kappa shape index (κ2) is 6.54. The first kappa shape index (κ1) is 20.2. The number of fused-ring (bicyclic) bond motifs is 1. The molecule has 0 radical (unpaired) electrons. The lowest BCUT2D eigenvalue weighted by Crippen LogP contribution is -2.17. The molecule has 150 valence electrons. The van der Waals surface area contributed by atoms with Crippen molar-refractivity contribution in [1.29, 1.82) is 0 Å². The van der Waals surface area contributed by atoms with Crippen molar-refractivity contribution in [2.45, 2.75) is 19.3 Å². The Balaban J connectivity index is 2.47. The van der Waals surface area contributed by atoms with Gasteiger partial charge in [0.2, 0.25) is 0 Å². The van der Waals surface area contributed by atoms with Crippen LogP contribution in [0.4, 0.5) is 32.2 Å². The van der Waals surface area contributed by atoms with Gasteiger partial charge in [0.1, 0.15) is 11.5 Å². The molecule has 0 aliphatic carbocycles. The van der Waals surface area contributed by atoms with Gasteiger partial charge in [0.05, 0.1) is 16.6 Å². The Hall–Kier alpha value is -2.49. The summed E-state index contributed by atoms with van der Waals surface area (Å²) in [6.45, 7) is 1.66. The summed E-state index contributed by atoms with van der Waals surface area (Å²) in [6.07, 6.45) is -10.1. The van der Waals surface area contributed by atoms with Gasteiger partial charge in [-0.25, -0.2) is 9.67 Å². The molecule has 3 aromatic rings. The highest BCUT2D eigenvalue weighted by Gasteiger charge is 2.41. The summed E-state index contributed by atoms with van der Waals surface area (Å²) in [5.74, 6) is -0.0472. The minimum atomic E-state index is -5.05. The van der Waals surface area contributed by atoms with E-state index in [4.69, 9.17) is 11.6 Å². The van der Waals surface area contributed by atoms with E-state index in [0.29, 0.717) is 16.3 Å². The van der Waals surface area contributed by atoms with Crippen molar-refractivity contribution in [3.05, 3.63) is 46.1 Å². The molecule has 0 fully saturated rings. The second-order valence-electron chi connectivity index (χ2n) is 6.31. The predicted molar refractivity (Wildman–Crippen MR) is 92.9 cm³/mol. The lowest BCUT2D eigenvalue weighted by Gasteiger charge is -2.18. The number of pyridine rings is 1. The van der Waals surface area contributed by atoms with E-state index in [1.165, 1.54) is 31.1 Å². The standard InChI is InChI=1S/C17H13ClF6N4/c1-8-6-9(18)4-5-11(8)28-15(27(2)3)13-10(16(19,20)21)7-12(17(22,23)24)25-14(13)26-28/h4-7H,1-3H3. The molecule has 0 spiro atoms. The van der Waals surface area contributed by atoms with Crippen LogP contribution in [0.25, 0.3) is 16.7 Å². The number of benzene rings is 1. The lowest BCUT2D eigenvalue weighted by atomic mass is 10.1. The fourth-order valence-electron chi connectivity index (χ4n) is 2.88. The van der Waals surface area contributed by atoms with Gasteiger partial charge in [0, 0.05) is 19.1 Å². The first-order chi connectivity index (χ1) is 12.8. The Labute approximate surface area is 160 Å². The van der Waals surface area contributed by atoms with Gasteiger partial charge in [-0.2, -0.15) is 26.3 Å². The number of alkyl halides is 6. The molecular weight excluding hydrogens is 410 g/mol. The number of aryl methyl sites for hydroxylation is 1. The molecule has 0 unspecified atom stereocenters. The van der Waals surface area contributed by atoms with Gasteiger partial charge in [-0.15, -0.1) is 5.10 Å². The van der Waals surface area contributed by atoms with Crippen LogP contribution in [0, 0.1) is 6.92 Å². The van der Waals surface area contributed by atoms with Gasteiger partial charge in [0.25, 0.3) is 0 Å². The van der Waals surface area contributed by atoms with Gasteiger partial charge in [-0.05, 0) is 36.8 Å². The molecule has 0 N–H and O–H groups in total. The molecule has 3 rings (SSSR count). The van der Waals surface area contributed by atoms with Crippen LogP contribution in [0.1, 0.15) is 16.8 Å². The summed E-state index contributed by atoms with van der Waals surface area (Å²) in [7, 11) is 2.94. The predicted octanol–water partition coefficient (Wildman–Crippen LogP) is 5.49. The monoisotopic (exact) mass is 422 g/mol. The molecule has 28 heavy (non-hydrogen) atoms. The van der Waals surface area contributed by atoms with Crippen molar-refractivity contribution in [3.8, 4) is 5.69 Å². The van der Waals surface area contributed by atoms with Crippen LogP contribution in [-0.2, 0) is 12.4 Å². The summed E-state index contributed by atoms with van der Waals surface area (Å²) in [6, 6.07) is 4.61. The molecule has 11 heteroatoms. The van der Waals surface area contributed by atoms with Crippen LogP contribution in [0.5, 0.6) is 0 Å². The van der Waals surface area contributed by atoms with Crippen molar-refractivity contribution in [2.75, 3.05) is 19.0 Å². The topological polar surface area (TPSA) is 34.0 Å². The highest BCUT2D eigenvalue weighted by molar-refractivity contribution is 6.30. The van der Waals surface area contributed by atoms with E-state index in [9.17, 15) is 26.3 Å². The molecular formula is C17H13ClF6N4. The quantitative estimate of drug-likeness (QED) is 0.512. The van der Waals surface area contributed by atoms with E-state index in [1.54, 1.807) is 13.0 Å². The molecule has 0 aliphatic rings. The molecule has 2 heterocycles. The third kappa shape index (κ3) is 3.48. The van der Waals surface area contributed by atoms with Crippen LogP contribution in [0.3, 0.4) is 0 Å². The van der Waals surface area contributed by atoms with Crippen LogP contribution in [-0.4, -0.2) is 28.9 Å². The largest absolute Gasteiger partial charge is 0.433 e. The third-order valence-electron chi connectivity index (χ3n) is 4.03. The average molecular weight is 423 g/mol. The maximum Gasteiger partial charge on any atom is 0.433 e. The third-order valence-corrected chi connectivity index (χ3v) is 4.26. The van der Waals surface area contributed by atoms with Crippen molar-refractivity contribution in [3.63, 3.8) is 0 Å². The number of anilines is 1. The molecule has 0 saturated heterocycles. The Morgan fingerprint density at radius 1 is 1.00 bits per heavy atom. The molecule has 0 saturated carbocycles. The van der Waals surface area contributed by atoms with Crippen molar-refractivity contribution >= 4 is 28.5 Å². The van der Waals surface area contributed by atoms with E-state index in [1.807, 2.05) is 0 Å². The number of rotatable bonds is 2. The molecule has 1 aromatic carbocycles. The van der Waals surface area contributed by atoms with Gasteiger partial charge in [0.15, 0.2) is 5.65 Å². The SMILES string of the molecule is Cc1cc(Cl)ccc1-n1nc2nc(C(F)(F)F)cc(C(F)(F)F)c2c1N(C)C. The van der Waals surface area contributed by atoms with Crippen LogP contribution < -0.4 is 4.90 Å². The number of hydrogen-bond acceptors (Lipinski definition) is 3. The van der Waals surface area contributed by atoms with Gasteiger partial charge < -0.3 is 4.90 Å². The molecule has 2 aromatic heterocycles. The zero-order valence-corrected chi connectivity index (χ0v) is 15.5. The smallest absolute Gasteiger partial charge is 0.362 e. The van der Waals surface area contributed by atoms with Gasteiger partial charge in [-0.1, -0.05) is 11.6 Å². The summed E-state index contributed by atoms with van der Waals surface area (Å²) < 4.78 is 81.2. The fourth-order valence-corrected chi connectivity index (χ4v) is 3.11. The lowest BCUT2D eigenvalue weighted by molar-refractivity contribution is -0.144. The van der Waals surface area contributed by atoms with Gasteiger partial charge in [-0.3, -0.25) is 0 Å².